The maximum atomic E-state index is 12.8. The number of rotatable bonds is 8. The summed E-state index contributed by atoms with van der Waals surface area (Å²) in [6.45, 7) is 11.8. The second kappa shape index (κ2) is 12.6. The number of hydrogen-bond donors (Lipinski definition) is 3. The molecular formula is C26H38N8O2. The number of aliphatic hydroxyl groups excluding tert-OH is 1. The van der Waals surface area contributed by atoms with Crippen LogP contribution in [-0.4, -0.2) is 85.0 Å². The van der Waals surface area contributed by atoms with Crippen LogP contribution in [0.1, 0.15) is 48.2 Å². The van der Waals surface area contributed by atoms with Crippen molar-refractivity contribution in [1.29, 1.82) is 0 Å². The quantitative estimate of drug-likeness (QED) is 0.380. The Kier molecular flexibility index (Phi) is 9.07. The van der Waals surface area contributed by atoms with Crippen molar-refractivity contribution in [2.24, 2.45) is 5.10 Å². The van der Waals surface area contributed by atoms with E-state index < -0.39 is 0 Å². The maximum absolute atomic E-state index is 12.8. The van der Waals surface area contributed by atoms with Gasteiger partial charge in [-0.15, -0.1) is 0 Å². The van der Waals surface area contributed by atoms with Crippen LogP contribution in [0.5, 0.6) is 0 Å². The summed E-state index contributed by atoms with van der Waals surface area (Å²) in [6.07, 6.45) is 5.73. The minimum absolute atomic E-state index is 0.200. The van der Waals surface area contributed by atoms with Gasteiger partial charge in [0.15, 0.2) is 0 Å². The van der Waals surface area contributed by atoms with Crippen molar-refractivity contribution in [2.45, 2.75) is 39.0 Å². The largest absolute Gasteiger partial charge is 0.395 e. The van der Waals surface area contributed by atoms with E-state index >= 15 is 0 Å². The van der Waals surface area contributed by atoms with Crippen molar-refractivity contribution in [3.8, 4) is 0 Å². The summed E-state index contributed by atoms with van der Waals surface area (Å²) in [5, 5.41) is 16.1. The van der Waals surface area contributed by atoms with Gasteiger partial charge in [0.2, 0.25) is 5.95 Å². The molecule has 0 bridgehead atoms. The van der Waals surface area contributed by atoms with Crippen LogP contribution >= 0.6 is 0 Å². The van der Waals surface area contributed by atoms with Crippen LogP contribution in [0, 0.1) is 6.92 Å². The third kappa shape index (κ3) is 6.50. The highest BCUT2D eigenvalue weighted by Crippen LogP contribution is 2.27. The van der Waals surface area contributed by atoms with Gasteiger partial charge in [-0.1, -0.05) is 12.8 Å². The highest BCUT2D eigenvalue weighted by molar-refractivity contribution is 6.00. The molecule has 0 aliphatic carbocycles. The van der Waals surface area contributed by atoms with Gasteiger partial charge >= 0.3 is 0 Å². The molecule has 3 heterocycles. The van der Waals surface area contributed by atoms with Crippen LogP contribution in [0.3, 0.4) is 0 Å². The van der Waals surface area contributed by atoms with Crippen LogP contribution in [0.2, 0.25) is 0 Å². The zero-order chi connectivity index (χ0) is 25.3. The first kappa shape index (κ1) is 25.8. The number of nitrogens with one attached hydrogen (secondary N) is 2. The van der Waals surface area contributed by atoms with Gasteiger partial charge < -0.3 is 20.2 Å². The van der Waals surface area contributed by atoms with Crippen molar-refractivity contribution >= 4 is 35.8 Å². The summed E-state index contributed by atoms with van der Waals surface area (Å²) < 4.78 is 0. The second-order valence-electron chi connectivity index (χ2n) is 9.41. The molecule has 2 saturated heterocycles. The number of amides is 1. The van der Waals surface area contributed by atoms with Gasteiger partial charge in [-0.2, -0.15) is 10.1 Å². The first-order chi connectivity index (χ1) is 17.6. The predicted molar refractivity (Wildman–Crippen MR) is 145 cm³/mol. The van der Waals surface area contributed by atoms with Crippen LogP contribution in [-0.2, 0) is 0 Å². The van der Waals surface area contributed by atoms with Gasteiger partial charge in [0.05, 0.1) is 12.3 Å². The zero-order valence-electron chi connectivity index (χ0n) is 21.2. The monoisotopic (exact) mass is 494 g/mol. The van der Waals surface area contributed by atoms with Gasteiger partial charge in [0.1, 0.15) is 11.4 Å². The number of carbonyl (C=O) groups is 1. The summed E-state index contributed by atoms with van der Waals surface area (Å²) in [7, 11) is 0. The minimum atomic E-state index is -0.388. The predicted octanol–water partition coefficient (Wildman–Crippen LogP) is 2.76. The minimum Gasteiger partial charge on any atom is -0.395 e. The Labute approximate surface area is 213 Å². The summed E-state index contributed by atoms with van der Waals surface area (Å²) in [5.74, 6) is 0.722. The standard InChI is InChI=1S/C26H38N8O2/c1-20-23(25(36)31-27-2)24(30-26(28-20)34-13-5-3-4-6-14-34)29-21-8-10-22(11-9-21)33-15-7-12-32(16-17-33)18-19-35/h8-11,35H,2-7,12-19H2,1H3,(H,31,36)(H,28,29,30). The highest BCUT2D eigenvalue weighted by atomic mass is 16.3. The van der Waals surface area contributed by atoms with Gasteiger partial charge in [0, 0.05) is 57.4 Å². The lowest BCUT2D eigenvalue weighted by atomic mass is 10.2. The number of nitrogens with zero attached hydrogens (tertiary/aromatic N) is 6. The topological polar surface area (TPSA) is 109 Å². The molecule has 194 valence electrons. The van der Waals surface area contributed by atoms with Crippen molar-refractivity contribution < 1.29 is 9.90 Å². The Bertz CT molecular complexity index is 1020. The van der Waals surface area contributed by atoms with Gasteiger partial charge in [-0.25, -0.2) is 10.4 Å². The van der Waals surface area contributed by atoms with Crippen LogP contribution < -0.4 is 20.5 Å². The van der Waals surface area contributed by atoms with E-state index in [0.717, 1.165) is 76.5 Å². The van der Waals surface area contributed by atoms with Crippen LogP contribution in [0.25, 0.3) is 0 Å². The maximum Gasteiger partial charge on any atom is 0.276 e. The van der Waals surface area contributed by atoms with E-state index in [1.165, 1.54) is 12.8 Å². The number of carbonyl (C=O) groups excluding carboxylic acids is 1. The van der Waals surface area contributed by atoms with Crippen LogP contribution in [0.4, 0.5) is 23.1 Å². The van der Waals surface area contributed by atoms with E-state index in [2.05, 4.69) is 54.4 Å². The molecule has 10 heteroatoms. The molecule has 3 N–H and O–H groups in total. The molecule has 10 nitrogen and oxygen atoms in total. The van der Waals surface area contributed by atoms with Crippen molar-refractivity contribution in [1.82, 2.24) is 20.3 Å². The fourth-order valence-electron chi connectivity index (χ4n) is 4.95. The Morgan fingerprint density at radius 3 is 2.39 bits per heavy atom. The molecule has 0 unspecified atom stereocenters. The molecular weight excluding hydrogens is 456 g/mol. The molecule has 2 fully saturated rings. The lowest BCUT2D eigenvalue weighted by molar-refractivity contribution is 0.0955. The zero-order valence-corrected chi connectivity index (χ0v) is 21.2. The Morgan fingerprint density at radius 2 is 1.69 bits per heavy atom. The SMILES string of the molecule is C=NNC(=O)c1c(C)nc(N2CCCCCC2)nc1Nc1ccc(N2CCCN(CCO)CC2)cc1. The van der Waals surface area contributed by atoms with Gasteiger partial charge in [-0.05, 0) is 57.0 Å². The van der Waals surface area contributed by atoms with Gasteiger partial charge in [0.25, 0.3) is 5.91 Å². The van der Waals surface area contributed by atoms with Crippen molar-refractivity contribution in [3.63, 3.8) is 0 Å². The number of aromatic nitrogens is 2. The Hall–Kier alpha value is -3.24. The summed E-state index contributed by atoms with van der Waals surface area (Å²) >= 11 is 0. The summed E-state index contributed by atoms with van der Waals surface area (Å²) in [4.78, 5) is 29.1. The van der Waals surface area contributed by atoms with Crippen LogP contribution in [0.15, 0.2) is 29.4 Å². The lowest BCUT2D eigenvalue weighted by Gasteiger charge is -2.24. The smallest absolute Gasteiger partial charge is 0.276 e. The normalized spacial score (nSPS) is 17.3. The highest BCUT2D eigenvalue weighted by Gasteiger charge is 2.22. The molecule has 2 aliphatic rings. The lowest BCUT2D eigenvalue weighted by Crippen LogP contribution is -2.32. The van der Waals surface area contributed by atoms with Crippen molar-refractivity contribution in [3.05, 3.63) is 35.5 Å². The van der Waals surface area contributed by atoms with E-state index in [0.29, 0.717) is 23.0 Å². The molecule has 1 aromatic heterocycles. The number of benzene rings is 1. The van der Waals surface area contributed by atoms with E-state index in [4.69, 9.17) is 4.98 Å². The third-order valence-corrected chi connectivity index (χ3v) is 6.87. The average molecular weight is 495 g/mol. The molecule has 1 aromatic carbocycles. The second-order valence-corrected chi connectivity index (χ2v) is 9.41. The number of aliphatic hydroxyl groups is 1. The molecule has 0 saturated carbocycles. The number of hydrazone groups is 1. The first-order valence-electron chi connectivity index (χ1n) is 12.9. The van der Waals surface area contributed by atoms with E-state index in [1.54, 1.807) is 0 Å². The molecule has 4 rings (SSSR count). The molecule has 2 aromatic rings. The van der Waals surface area contributed by atoms with E-state index in [1.807, 2.05) is 19.1 Å². The fourth-order valence-corrected chi connectivity index (χ4v) is 4.95. The fraction of sp³-hybridized carbons (Fsp3) is 0.538. The van der Waals surface area contributed by atoms with Gasteiger partial charge in [-0.3, -0.25) is 9.69 Å². The molecule has 2 aliphatic heterocycles. The number of β-amino-alcohol motifs (C(OH)–C–C–N with tert-alkyl or cyclic N) is 1. The number of aryl methyl sites for hydroxylation is 1. The Morgan fingerprint density at radius 1 is 0.972 bits per heavy atom. The molecule has 1 amide bonds. The molecule has 0 atom stereocenters. The summed E-state index contributed by atoms with van der Waals surface area (Å²) in [6, 6.07) is 8.22. The molecule has 0 spiro atoms. The first-order valence-corrected chi connectivity index (χ1v) is 12.9. The van der Waals surface area contributed by atoms with E-state index in [-0.39, 0.29) is 12.5 Å². The Balaban J connectivity index is 1.55. The summed E-state index contributed by atoms with van der Waals surface area (Å²) in [5.41, 5.74) is 5.38. The number of hydrogen-bond acceptors (Lipinski definition) is 9. The molecule has 36 heavy (non-hydrogen) atoms. The number of anilines is 4. The van der Waals surface area contributed by atoms with E-state index in [9.17, 15) is 9.90 Å². The third-order valence-electron chi connectivity index (χ3n) is 6.87. The van der Waals surface area contributed by atoms with Crippen molar-refractivity contribution in [2.75, 3.05) is 67.5 Å². The average Bonchev–Trinajstić information content (AvgIpc) is 3.28. The molecule has 0 radical (unpaired) electrons.